The van der Waals surface area contributed by atoms with E-state index in [-0.39, 0.29) is 17.3 Å². The Labute approximate surface area is 68.1 Å². The first kappa shape index (κ1) is 10.4. The highest BCUT2D eigenvalue weighted by atomic mass is 32.2. The number of carbonyl (C=O) groups is 2. The van der Waals surface area contributed by atoms with Crippen molar-refractivity contribution in [1.82, 2.24) is 0 Å². The van der Waals surface area contributed by atoms with Crippen molar-refractivity contribution in [2.24, 2.45) is 0 Å². The van der Waals surface area contributed by atoms with E-state index >= 15 is 0 Å². The van der Waals surface area contributed by atoms with Crippen LogP contribution in [0.2, 0.25) is 0 Å². The molecule has 0 aromatic rings. The molecule has 0 saturated heterocycles. The molecule has 0 saturated carbocycles. The lowest BCUT2D eigenvalue weighted by Gasteiger charge is -2.06. The van der Waals surface area contributed by atoms with E-state index in [1.165, 1.54) is 14.0 Å². The second kappa shape index (κ2) is 5.15. The monoisotopic (exact) mass is 178 g/mol. The number of methoxy groups -OCH3 is 1. The molecule has 0 aliphatic carbocycles. The summed E-state index contributed by atoms with van der Waals surface area (Å²) in [6.07, 6.45) is 0. The van der Waals surface area contributed by atoms with Gasteiger partial charge < -0.3 is 9.29 Å². The van der Waals surface area contributed by atoms with Crippen LogP contribution in [0.3, 0.4) is 0 Å². The van der Waals surface area contributed by atoms with E-state index in [0.717, 1.165) is 0 Å². The van der Waals surface area contributed by atoms with Gasteiger partial charge in [-0.2, -0.15) is 0 Å². The van der Waals surface area contributed by atoms with E-state index in [0.29, 0.717) is 0 Å². The molecule has 0 fully saturated rings. The molecule has 11 heavy (non-hydrogen) atoms. The molecule has 1 unspecified atom stereocenters. The lowest BCUT2D eigenvalue weighted by Crippen LogP contribution is -2.23. The lowest BCUT2D eigenvalue weighted by molar-refractivity contribution is -0.137. The van der Waals surface area contributed by atoms with Crippen LogP contribution in [-0.2, 0) is 25.5 Å². The summed E-state index contributed by atoms with van der Waals surface area (Å²) in [7, 11) is 1.22. The predicted octanol–water partition coefficient (Wildman–Crippen LogP) is -0.503. The number of hydrogen-bond acceptors (Lipinski definition) is 4. The van der Waals surface area contributed by atoms with Gasteiger partial charge in [0.05, 0.1) is 7.11 Å². The summed E-state index contributed by atoms with van der Waals surface area (Å²) in [5, 5.41) is 0. The standard InChI is InChI=1S/C6H10O4S/c1-5(7)3-11(9)4-6(8)10-2/h3-4H2,1-2H3. The first-order chi connectivity index (χ1) is 5.06. The molecule has 0 amide bonds. The van der Waals surface area contributed by atoms with Crippen LogP contribution in [0, 0.1) is 0 Å². The molecule has 0 aromatic carbocycles. The summed E-state index contributed by atoms with van der Waals surface area (Å²) in [4.78, 5) is 20.9. The van der Waals surface area contributed by atoms with Crippen molar-refractivity contribution in [3.05, 3.63) is 0 Å². The molecule has 0 aromatic heterocycles. The van der Waals surface area contributed by atoms with Gasteiger partial charge in [0, 0.05) is 0 Å². The second-order valence-corrected chi connectivity index (χ2v) is 3.46. The summed E-state index contributed by atoms with van der Waals surface area (Å²) in [5.41, 5.74) is 0. The summed E-state index contributed by atoms with van der Waals surface area (Å²) >= 11 is -1.40. The molecule has 1 atom stereocenters. The molecule has 0 bridgehead atoms. The number of ether oxygens (including phenoxy) is 1. The largest absolute Gasteiger partial charge is 0.616 e. The molecular formula is C6H10O4S. The topological polar surface area (TPSA) is 66.4 Å². The molecule has 0 aliphatic heterocycles. The Morgan fingerprint density at radius 1 is 1.45 bits per heavy atom. The Balaban J connectivity index is 3.60. The Bertz CT molecular complexity index is 157. The third-order valence-corrected chi connectivity index (χ3v) is 2.16. The molecule has 64 valence electrons. The zero-order chi connectivity index (χ0) is 8.85. The Morgan fingerprint density at radius 3 is 2.36 bits per heavy atom. The molecule has 0 rings (SSSR count). The molecule has 4 nitrogen and oxygen atoms in total. The smallest absolute Gasteiger partial charge is 0.356 e. The summed E-state index contributed by atoms with van der Waals surface area (Å²) in [6.45, 7) is 1.33. The minimum atomic E-state index is -1.40. The number of hydrogen-bond donors (Lipinski definition) is 0. The number of esters is 1. The van der Waals surface area contributed by atoms with Crippen molar-refractivity contribution in [3.8, 4) is 0 Å². The average Bonchev–Trinajstić information content (AvgIpc) is 1.85. The minimum Gasteiger partial charge on any atom is -0.616 e. The van der Waals surface area contributed by atoms with Gasteiger partial charge >= 0.3 is 5.97 Å². The van der Waals surface area contributed by atoms with Gasteiger partial charge in [0.15, 0.2) is 11.5 Å². The summed E-state index contributed by atoms with van der Waals surface area (Å²) in [6, 6.07) is 0. The number of carbonyl (C=O) groups excluding carboxylic acids is 2. The van der Waals surface area contributed by atoms with Gasteiger partial charge in [-0.05, 0) is 18.1 Å². The van der Waals surface area contributed by atoms with Crippen molar-refractivity contribution in [3.63, 3.8) is 0 Å². The zero-order valence-electron chi connectivity index (χ0n) is 6.46. The second-order valence-electron chi connectivity index (χ2n) is 2.01. The molecular weight excluding hydrogens is 168 g/mol. The number of rotatable bonds is 4. The van der Waals surface area contributed by atoms with Gasteiger partial charge in [-0.15, -0.1) is 0 Å². The third-order valence-electron chi connectivity index (χ3n) is 0.871. The van der Waals surface area contributed by atoms with Crippen LogP contribution in [-0.4, -0.2) is 34.9 Å². The maximum atomic E-state index is 10.8. The van der Waals surface area contributed by atoms with Crippen LogP contribution in [0.15, 0.2) is 0 Å². The van der Waals surface area contributed by atoms with Crippen LogP contribution in [0.25, 0.3) is 0 Å². The van der Waals surface area contributed by atoms with Crippen molar-refractivity contribution >= 4 is 22.9 Å². The number of ketones is 1. The van der Waals surface area contributed by atoms with Crippen LogP contribution in [0.4, 0.5) is 0 Å². The fourth-order valence-electron chi connectivity index (χ4n) is 0.468. The van der Waals surface area contributed by atoms with Gasteiger partial charge in [0.25, 0.3) is 0 Å². The van der Waals surface area contributed by atoms with Crippen molar-refractivity contribution in [2.45, 2.75) is 6.92 Å². The van der Waals surface area contributed by atoms with Crippen molar-refractivity contribution in [2.75, 3.05) is 18.6 Å². The molecule has 0 aliphatic rings. The van der Waals surface area contributed by atoms with Gasteiger partial charge in [-0.1, -0.05) is 0 Å². The fraction of sp³-hybridized carbons (Fsp3) is 0.667. The third kappa shape index (κ3) is 5.87. The normalized spacial score (nSPS) is 12.3. The SMILES string of the molecule is COC(=O)C[S+]([O-])CC(C)=O. The molecule has 0 heterocycles. The van der Waals surface area contributed by atoms with Gasteiger partial charge in [-0.3, -0.25) is 4.79 Å². The Hall–Kier alpha value is -0.550. The fourth-order valence-corrected chi connectivity index (χ4v) is 1.40. The molecule has 0 N–H and O–H groups in total. The van der Waals surface area contributed by atoms with E-state index in [4.69, 9.17) is 0 Å². The summed E-state index contributed by atoms with van der Waals surface area (Å²) < 4.78 is 15.1. The van der Waals surface area contributed by atoms with Gasteiger partial charge in [0.1, 0.15) is 0 Å². The van der Waals surface area contributed by atoms with Crippen molar-refractivity contribution < 1.29 is 18.9 Å². The van der Waals surface area contributed by atoms with E-state index in [9.17, 15) is 14.1 Å². The van der Waals surface area contributed by atoms with Crippen molar-refractivity contribution in [1.29, 1.82) is 0 Å². The van der Waals surface area contributed by atoms with Crippen LogP contribution in [0.5, 0.6) is 0 Å². The zero-order valence-corrected chi connectivity index (χ0v) is 7.27. The first-order valence-electron chi connectivity index (χ1n) is 2.97. The Morgan fingerprint density at radius 2 is 2.00 bits per heavy atom. The van der Waals surface area contributed by atoms with Crippen LogP contribution >= 0.6 is 0 Å². The highest BCUT2D eigenvalue weighted by Crippen LogP contribution is 1.92. The molecule has 5 heteroatoms. The van der Waals surface area contributed by atoms with E-state index in [1.54, 1.807) is 0 Å². The predicted molar refractivity (Wildman–Crippen MR) is 40.6 cm³/mol. The molecule has 0 spiro atoms. The van der Waals surface area contributed by atoms with Crippen LogP contribution in [0.1, 0.15) is 6.92 Å². The van der Waals surface area contributed by atoms with Gasteiger partial charge in [0.2, 0.25) is 5.75 Å². The van der Waals surface area contributed by atoms with Gasteiger partial charge in [-0.25, -0.2) is 4.79 Å². The first-order valence-corrected chi connectivity index (χ1v) is 4.46. The quantitative estimate of drug-likeness (QED) is 0.430. The highest BCUT2D eigenvalue weighted by Gasteiger charge is 2.14. The maximum Gasteiger partial charge on any atom is 0.356 e. The maximum absolute atomic E-state index is 10.8. The number of Topliss-reactive ketones (excluding diaryl/α,β-unsaturated/α-hetero) is 1. The minimum absolute atomic E-state index is 0.0743. The van der Waals surface area contributed by atoms with E-state index in [2.05, 4.69) is 4.74 Å². The lowest BCUT2D eigenvalue weighted by atomic mass is 10.5. The average molecular weight is 178 g/mol. The van der Waals surface area contributed by atoms with E-state index in [1.807, 2.05) is 0 Å². The Kier molecular flexibility index (Phi) is 4.89. The van der Waals surface area contributed by atoms with Crippen LogP contribution < -0.4 is 0 Å². The summed E-state index contributed by atoms with van der Waals surface area (Å²) in [5.74, 6) is -1.01. The highest BCUT2D eigenvalue weighted by molar-refractivity contribution is 7.92. The van der Waals surface area contributed by atoms with E-state index < -0.39 is 17.1 Å². The molecule has 0 radical (unpaired) electrons.